The Morgan fingerprint density at radius 2 is 1.90 bits per heavy atom. The molecule has 1 aromatic heterocycles. The van der Waals surface area contributed by atoms with Crippen molar-refractivity contribution in [3.8, 4) is 0 Å². The first-order chi connectivity index (χ1) is 10.2. The Kier molecular flexibility index (Phi) is 5.22. The van der Waals surface area contributed by atoms with Crippen LogP contribution < -0.4 is 16.2 Å². The fourth-order valence-electron chi connectivity index (χ4n) is 1.83. The van der Waals surface area contributed by atoms with E-state index in [0.29, 0.717) is 19.6 Å². The van der Waals surface area contributed by atoms with Crippen molar-refractivity contribution in [3.63, 3.8) is 0 Å². The molecule has 0 fully saturated rings. The quantitative estimate of drug-likeness (QED) is 0.746. The van der Waals surface area contributed by atoms with Gasteiger partial charge < -0.3 is 10.6 Å². The van der Waals surface area contributed by atoms with Gasteiger partial charge in [0.1, 0.15) is 5.69 Å². The summed E-state index contributed by atoms with van der Waals surface area (Å²) in [5.41, 5.74) is 0.965. The van der Waals surface area contributed by atoms with Crippen LogP contribution >= 0.6 is 0 Å². The lowest BCUT2D eigenvalue weighted by Gasteiger charge is -2.08. The van der Waals surface area contributed by atoms with Gasteiger partial charge >= 0.3 is 0 Å². The molecule has 0 spiro atoms. The van der Waals surface area contributed by atoms with Crippen LogP contribution in [0.15, 0.2) is 47.3 Å². The predicted molar refractivity (Wildman–Crippen MR) is 80.3 cm³/mol. The first-order valence-corrected chi connectivity index (χ1v) is 6.75. The SMILES string of the molecule is CNCCNC(=O)c1ccc(=O)n(Cc2ccccc2)n1. The number of nitrogens with zero attached hydrogens (tertiary/aromatic N) is 2. The lowest BCUT2D eigenvalue weighted by Crippen LogP contribution is -2.33. The zero-order chi connectivity index (χ0) is 15.1. The van der Waals surface area contributed by atoms with Crippen molar-refractivity contribution >= 4 is 5.91 Å². The smallest absolute Gasteiger partial charge is 0.271 e. The Morgan fingerprint density at radius 3 is 2.62 bits per heavy atom. The van der Waals surface area contributed by atoms with E-state index >= 15 is 0 Å². The minimum atomic E-state index is -0.285. The summed E-state index contributed by atoms with van der Waals surface area (Å²) in [6, 6.07) is 12.3. The third-order valence-corrected chi connectivity index (χ3v) is 2.93. The molecule has 2 rings (SSSR count). The maximum atomic E-state index is 11.9. The molecule has 1 heterocycles. The van der Waals surface area contributed by atoms with E-state index in [2.05, 4.69) is 15.7 Å². The second kappa shape index (κ2) is 7.35. The number of likely N-dealkylation sites (N-methyl/N-ethyl adjacent to an activating group) is 1. The molecule has 1 amide bonds. The summed E-state index contributed by atoms with van der Waals surface area (Å²) in [6.07, 6.45) is 0. The van der Waals surface area contributed by atoms with Gasteiger partial charge in [-0.15, -0.1) is 0 Å². The highest BCUT2D eigenvalue weighted by atomic mass is 16.2. The predicted octanol–water partition coefficient (Wildman–Crippen LogP) is 0.241. The second-order valence-corrected chi connectivity index (χ2v) is 4.56. The van der Waals surface area contributed by atoms with E-state index in [4.69, 9.17) is 0 Å². The van der Waals surface area contributed by atoms with E-state index in [0.717, 1.165) is 5.56 Å². The van der Waals surface area contributed by atoms with Gasteiger partial charge in [0.25, 0.3) is 11.5 Å². The number of nitrogens with one attached hydrogen (secondary N) is 2. The summed E-state index contributed by atoms with van der Waals surface area (Å²) in [7, 11) is 1.81. The fraction of sp³-hybridized carbons (Fsp3) is 0.267. The average Bonchev–Trinajstić information content (AvgIpc) is 2.50. The molecule has 0 aliphatic rings. The van der Waals surface area contributed by atoms with Crippen LogP contribution in [-0.2, 0) is 6.54 Å². The van der Waals surface area contributed by atoms with Gasteiger partial charge in [0.05, 0.1) is 6.54 Å². The molecule has 2 N–H and O–H groups in total. The van der Waals surface area contributed by atoms with Crippen LogP contribution in [0, 0.1) is 0 Å². The zero-order valence-electron chi connectivity index (χ0n) is 11.9. The maximum Gasteiger partial charge on any atom is 0.271 e. The minimum Gasteiger partial charge on any atom is -0.349 e. The van der Waals surface area contributed by atoms with Crippen molar-refractivity contribution in [3.05, 3.63) is 64.1 Å². The number of benzene rings is 1. The van der Waals surface area contributed by atoms with Crippen LogP contribution in [0.5, 0.6) is 0 Å². The van der Waals surface area contributed by atoms with Crippen molar-refractivity contribution in [1.29, 1.82) is 0 Å². The van der Waals surface area contributed by atoms with E-state index in [-0.39, 0.29) is 17.2 Å². The fourth-order valence-corrected chi connectivity index (χ4v) is 1.83. The lowest BCUT2D eigenvalue weighted by molar-refractivity contribution is 0.0946. The van der Waals surface area contributed by atoms with Crippen molar-refractivity contribution in [2.45, 2.75) is 6.54 Å². The van der Waals surface area contributed by atoms with E-state index in [1.807, 2.05) is 37.4 Å². The maximum absolute atomic E-state index is 11.9. The summed E-state index contributed by atoms with van der Waals surface area (Å²) in [5, 5.41) is 9.79. The number of rotatable bonds is 6. The van der Waals surface area contributed by atoms with Gasteiger partial charge in [-0.05, 0) is 18.7 Å². The monoisotopic (exact) mass is 286 g/mol. The molecule has 1 aromatic carbocycles. The molecule has 21 heavy (non-hydrogen) atoms. The average molecular weight is 286 g/mol. The van der Waals surface area contributed by atoms with Crippen molar-refractivity contribution in [2.24, 2.45) is 0 Å². The van der Waals surface area contributed by atoms with Crippen molar-refractivity contribution in [2.75, 3.05) is 20.1 Å². The van der Waals surface area contributed by atoms with E-state index in [9.17, 15) is 9.59 Å². The molecule has 0 unspecified atom stereocenters. The van der Waals surface area contributed by atoms with Crippen LogP contribution in [-0.4, -0.2) is 35.8 Å². The molecule has 0 aliphatic carbocycles. The Bertz CT molecular complexity index is 652. The highest BCUT2D eigenvalue weighted by Crippen LogP contribution is 2.00. The molecule has 2 aromatic rings. The molecule has 0 aliphatic heterocycles. The van der Waals surface area contributed by atoms with Gasteiger partial charge in [-0.1, -0.05) is 30.3 Å². The van der Waals surface area contributed by atoms with E-state index < -0.39 is 0 Å². The van der Waals surface area contributed by atoms with Crippen LogP contribution in [0.25, 0.3) is 0 Å². The molecule has 6 nitrogen and oxygen atoms in total. The first-order valence-electron chi connectivity index (χ1n) is 6.75. The van der Waals surface area contributed by atoms with Crippen molar-refractivity contribution in [1.82, 2.24) is 20.4 Å². The number of amides is 1. The highest BCUT2D eigenvalue weighted by Gasteiger charge is 2.09. The van der Waals surface area contributed by atoms with Gasteiger partial charge in [-0.25, -0.2) is 4.68 Å². The van der Waals surface area contributed by atoms with Crippen molar-refractivity contribution < 1.29 is 4.79 Å². The Balaban J connectivity index is 2.13. The topological polar surface area (TPSA) is 76.0 Å². The second-order valence-electron chi connectivity index (χ2n) is 4.56. The standard InChI is InChI=1S/C15H18N4O2/c1-16-9-10-17-15(21)13-7-8-14(20)19(18-13)11-12-5-3-2-4-6-12/h2-8,16H,9-11H2,1H3,(H,17,21). The summed E-state index contributed by atoms with van der Waals surface area (Å²) in [6.45, 7) is 1.53. The van der Waals surface area contributed by atoms with Gasteiger partial charge in [0.15, 0.2) is 0 Å². The van der Waals surface area contributed by atoms with E-state index in [1.54, 1.807) is 0 Å². The number of aromatic nitrogens is 2. The molecular formula is C15H18N4O2. The summed E-state index contributed by atoms with van der Waals surface area (Å²) >= 11 is 0. The minimum absolute atomic E-state index is 0.231. The highest BCUT2D eigenvalue weighted by molar-refractivity contribution is 5.91. The molecule has 0 atom stereocenters. The lowest BCUT2D eigenvalue weighted by atomic mass is 10.2. The largest absolute Gasteiger partial charge is 0.349 e. The van der Waals surface area contributed by atoms with E-state index in [1.165, 1.54) is 16.8 Å². The number of carbonyl (C=O) groups is 1. The molecule has 110 valence electrons. The van der Waals surface area contributed by atoms with Gasteiger partial charge in [0, 0.05) is 19.2 Å². The van der Waals surface area contributed by atoms with Gasteiger partial charge in [0.2, 0.25) is 0 Å². The molecular weight excluding hydrogens is 268 g/mol. The summed E-state index contributed by atoms with van der Waals surface area (Å²) in [5.74, 6) is -0.285. The zero-order valence-corrected chi connectivity index (χ0v) is 11.9. The van der Waals surface area contributed by atoms with Crippen LogP contribution in [0.2, 0.25) is 0 Å². The Labute approximate surface area is 122 Å². The third kappa shape index (κ3) is 4.25. The summed E-state index contributed by atoms with van der Waals surface area (Å²) in [4.78, 5) is 23.7. The molecule has 0 saturated heterocycles. The number of carbonyl (C=O) groups excluding carboxylic acids is 1. The summed E-state index contributed by atoms with van der Waals surface area (Å²) < 4.78 is 1.29. The number of hydrogen-bond acceptors (Lipinski definition) is 4. The van der Waals surface area contributed by atoms with Gasteiger partial charge in [-0.3, -0.25) is 9.59 Å². The first kappa shape index (κ1) is 14.9. The Hall–Kier alpha value is -2.47. The van der Waals surface area contributed by atoms with Gasteiger partial charge in [-0.2, -0.15) is 5.10 Å². The molecule has 6 heteroatoms. The molecule has 0 saturated carbocycles. The van der Waals surface area contributed by atoms with Crippen LogP contribution in [0.1, 0.15) is 16.1 Å². The normalized spacial score (nSPS) is 10.3. The molecule has 0 radical (unpaired) electrons. The van der Waals surface area contributed by atoms with Crippen LogP contribution in [0.4, 0.5) is 0 Å². The molecule has 0 bridgehead atoms. The Morgan fingerprint density at radius 1 is 1.14 bits per heavy atom. The third-order valence-electron chi connectivity index (χ3n) is 2.93. The van der Waals surface area contributed by atoms with Crippen LogP contribution in [0.3, 0.4) is 0 Å². The number of hydrogen-bond donors (Lipinski definition) is 2.